The van der Waals surface area contributed by atoms with E-state index >= 15 is 0 Å². The first-order valence-corrected chi connectivity index (χ1v) is 32.6. The van der Waals surface area contributed by atoms with E-state index in [1.165, 1.54) is 25.2 Å². The average molecular weight is 1400 g/mol. The summed E-state index contributed by atoms with van der Waals surface area (Å²) in [5, 5.41) is 26.5. The molecule has 7 rings (SSSR count). The third kappa shape index (κ3) is 18.5. The van der Waals surface area contributed by atoms with E-state index in [2.05, 4.69) is 61.7 Å². The number of halogens is 1. The van der Waals surface area contributed by atoms with Crippen LogP contribution in [0.25, 0.3) is 48.2 Å². The molecule has 0 radical (unpaired) electrons. The summed E-state index contributed by atoms with van der Waals surface area (Å²) in [5.41, 5.74) is 30.9. The van der Waals surface area contributed by atoms with Gasteiger partial charge in [-0.05, 0) is 64.6 Å². The molecule has 6 unspecified atom stereocenters. The maximum absolute atomic E-state index is 14.2. The Morgan fingerprint density at radius 3 is 2.42 bits per heavy atom. The van der Waals surface area contributed by atoms with E-state index in [0.29, 0.717) is 0 Å². The molecule has 12 N–H and O–H groups in total. The number of nitrogens with zero attached hydrogens (tertiary/aromatic N) is 8. The van der Waals surface area contributed by atoms with Gasteiger partial charge in [0.15, 0.2) is 39.5 Å². The van der Waals surface area contributed by atoms with Crippen LogP contribution in [0, 0.1) is 29.1 Å². The lowest BCUT2D eigenvalue weighted by atomic mass is 9.82. The number of ether oxygens (including phenoxy) is 5. The van der Waals surface area contributed by atoms with E-state index in [9.17, 15) is 73.1 Å². The fourth-order valence-electron chi connectivity index (χ4n) is 8.88. The summed E-state index contributed by atoms with van der Waals surface area (Å²) in [4.78, 5) is 80.5. The van der Waals surface area contributed by atoms with E-state index < -0.39 is 174 Å². The minimum absolute atomic E-state index is 0.0698. The standard InChI is InChI=1S/C48H50FN14O25P3S2/c1-22-14-30-37(28-9-10-31(50)41(92(74,75)76)39(28)86-40(30)42(38(22)51)93(77,78)79)29-16-24(7-8-27(29)46(67)68)45(66)59-58-44(65)23-4-2-6-26(15-23)82-21-35(57-61-53)81-13-12-80-20-34(64)55-11-3-5-25-18-63(48(69)56-43(25)52)36-17-32(85-47(49)60-62-54)33(84-36)19-83-90(72)88-91(73)87-89(70)71/h2,4,6-10,16,18,22-23,35-36,47,50,89-91H,11-15,17,19-21,51H2,1H3,(H,55,64)(H,58,65)(H,59,66)(H,67,68)(H,70,71)(H2,52,56,69)(H,74,75,76)(H,77,78,79)/t22?,23?,35?,36-,47-/m1/s1. The molecule has 3 heterocycles. The summed E-state index contributed by atoms with van der Waals surface area (Å²) >= 11 is 0. The molecule has 1 aromatic carbocycles. The van der Waals surface area contributed by atoms with Gasteiger partial charge in [0.05, 0.1) is 54.3 Å². The number of carbonyl (C=O) groups excluding carboxylic acids is 3. The zero-order valence-corrected chi connectivity index (χ0v) is 51.9. The number of fused-ring (bicyclic) bond motifs is 2. The second-order valence-electron chi connectivity index (χ2n) is 19.0. The van der Waals surface area contributed by atoms with Crippen molar-refractivity contribution in [2.24, 2.45) is 27.8 Å². The number of alkyl halides is 1. The number of hydrogen-bond acceptors (Lipinski definition) is 27. The minimum Gasteiger partial charge on any atom is -0.495 e. The molecule has 2 aromatic rings. The highest BCUT2D eigenvalue weighted by atomic mass is 32.2. The van der Waals surface area contributed by atoms with E-state index in [1.54, 1.807) is 0 Å². The van der Waals surface area contributed by atoms with Crippen LogP contribution >= 0.6 is 24.8 Å². The largest absolute Gasteiger partial charge is 0.495 e. The first-order valence-electron chi connectivity index (χ1n) is 26.0. The first-order chi connectivity index (χ1) is 44.0. The molecule has 0 bridgehead atoms. The van der Waals surface area contributed by atoms with Gasteiger partial charge >= 0.3 is 42.9 Å². The summed E-state index contributed by atoms with van der Waals surface area (Å²) in [6.07, 6.45) is 2.08. The van der Waals surface area contributed by atoms with Crippen molar-refractivity contribution in [2.75, 3.05) is 45.3 Å². The number of nitrogen functional groups attached to an aromatic ring is 1. The van der Waals surface area contributed by atoms with Crippen LogP contribution in [0.1, 0.15) is 63.6 Å². The summed E-state index contributed by atoms with van der Waals surface area (Å²) in [5.74, 6) is -3.29. The topological polar surface area (TPSA) is 600 Å². The van der Waals surface area contributed by atoms with Crippen LogP contribution in [-0.4, -0.2) is 121 Å². The Hall–Kier alpha value is -9.25. The maximum Gasteiger partial charge on any atom is 0.352 e. The van der Waals surface area contributed by atoms with Crippen molar-refractivity contribution in [3.05, 3.63) is 142 Å². The molecule has 2 aliphatic heterocycles. The smallest absolute Gasteiger partial charge is 0.352 e. The molecule has 0 saturated carbocycles. The third-order valence-corrected chi connectivity index (χ3v) is 17.8. The van der Waals surface area contributed by atoms with Crippen LogP contribution in [0.15, 0.2) is 102 Å². The summed E-state index contributed by atoms with van der Waals surface area (Å²) in [6.45, 7) is -3.63. The molecule has 5 aliphatic rings. The van der Waals surface area contributed by atoms with Gasteiger partial charge in [-0.3, -0.25) is 58.0 Å². The van der Waals surface area contributed by atoms with Gasteiger partial charge in [-0.2, -0.15) is 26.2 Å². The van der Waals surface area contributed by atoms with Gasteiger partial charge in [-0.15, -0.1) is 0 Å². The number of hydrazine groups is 1. The Bertz CT molecular complexity index is 4390. The Morgan fingerprint density at radius 2 is 1.73 bits per heavy atom. The number of nitrogens with two attached hydrogens (primary N) is 2. The number of aromatic carboxylic acids is 1. The molecule has 3 aliphatic carbocycles. The van der Waals surface area contributed by atoms with Crippen LogP contribution < -0.4 is 38.7 Å². The Balaban J connectivity index is 0.893. The number of azide groups is 2. The number of carboxylic acids is 1. The number of aromatic nitrogens is 2. The number of benzene rings is 2. The fraction of sp³-hybridized carbons (Fsp3) is 0.312. The van der Waals surface area contributed by atoms with Gasteiger partial charge in [0.1, 0.15) is 31.4 Å². The van der Waals surface area contributed by atoms with Crippen LogP contribution in [0.3, 0.4) is 0 Å². The van der Waals surface area contributed by atoms with Crippen molar-refractivity contribution in [3.63, 3.8) is 0 Å². The first kappa shape index (κ1) is 71.2. The number of anilines is 1. The highest BCUT2D eigenvalue weighted by molar-refractivity contribution is 7.95. The fourth-order valence-corrected chi connectivity index (χ4v) is 12.6. The third-order valence-electron chi connectivity index (χ3n) is 12.9. The molecule has 93 heavy (non-hydrogen) atoms. The number of rotatable bonds is 28. The lowest BCUT2D eigenvalue weighted by Gasteiger charge is -2.29. The highest BCUT2D eigenvalue weighted by Gasteiger charge is 2.40. The summed E-state index contributed by atoms with van der Waals surface area (Å²) < 4.78 is 167. The van der Waals surface area contributed by atoms with Gasteiger partial charge in [0.25, 0.3) is 26.1 Å². The lowest BCUT2D eigenvalue weighted by Crippen LogP contribution is -2.44. The summed E-state index contributed by atoms with van der Waals surface area (Å²) in [6, 6.07) is 5.17. The van der Waals surface area contributed by atoms with Crippen LogP contribution in [-0.2, 0) is 86.8 Å². The van der Waals surface area contributed by atoms with Crippen molar-refractivity contribution in [2.45, 2.75) is 50.0 Å². The molecule has 0 fully saturated rings. The Morgan fingerprint density at radius 1 is 0.989 bits per heavy atom. The van der Waals surface area contributed by atoms with Gasteiger partial charge in [-0.1, -0.05) is 36.0 Å². The number of amides is 3. The molecule has 39 nitrogen and oxygen atoms in total. The predicted octanol–water partition coefficient (Wildman–Crippen LogP) is 3.32. The number of carbonyl (C=O) groups is 4. The van der Waals surface area contributed by atoms with E-state index in [0.717, 1.165) is 41.1 Å². The second-order valence-corrected chi connectivity index (χ2v) is 25.1. The molecule has 0 spiro atoms. The molecule has 8 atom stereocenters. The average Bonchev–Trinajstić information content (AvgIpc) is 1.10. The van der Waals surface area contributed by atoms with Gasteiger partial charge in [0.2, 0.25) is 11.8 Å². The van der Waals surface area contributed by atoms with Crippen molar-refractivity contribution in [1.29, 1.82) is 5.41 Å². The molecular formula is C48H50FN14O25P3S2. The zero-order valence-electron chi connectivity index (χ0n) is 47.2. The van der Waals surface area contributed by atoms with Gasteiger partial charge in [0, 0.05) is 56.3 Å². The summed E-state index contributed by atoms with van der Waals surface area (Å²) in [7, 11) is -21.8. The van der Waals surface area contributed by atoms with E-state index in [-0.39, 0.29) is 84.2 Å². The SMILES string of the molecule is CC1Cc2c(oc3c(S(=O)(=O)O)c(=N)ccc-3c2-c2cc(C(=O)NNC(=O)C3C=CC=C(OCC(N=[N+]=[N-])OCCOCC(=O)NCC#Cc4cn([C@H]5CC(O[C@H](F)N=[N+]=[N-])=C(CO[PH](=O)O[PH](=O)O[PH](=O)O)O5)c(=O)nc4N)C3)ccc2C(=O)O)C(S(=O)(=O)O)=C1N. The van der Waals surface area contributed by atoms with Crippen LogP contribution in [0.5, 0.6) is 0 Å². The van der Waals surface area contributed by atoms with Crippen molar-refractivity contribution in [3.8, 4) is 34.3 Å². The number of allylic oxidation sites excluding steroid dienone is 4. The van der Waals surface area contributed by atoms with Gasteiger partial charge < -0.3 is 59.4 Å². The van der Waals surface area contributed by atoms with Crippen LogP contribution in [0.4, 0.5) is 10.2 Å². The molecule has 0 saturated heterocycles. The Labute approximate surface area is 522 Å². The lowest BCUT2D eigenvalue weighted by molar-refractivity contribution is -0.126. The molecule has 1 aromatic heterocycles. The van der Waals surface area contributed by atoms with E-state index in [4.69, 9.17) is 65.5 Å². The van der Waals surface area contributed by atoms with Crippen molar-refractivity contribution < 1.29 is 114 Å². The Kier molecular flexibility index (Phi) is 24.0. The van der Waals surface area contributed by atoms with E-state index in [1.807, 2.05) is 0 Å². The van der Waals surface area contributed by atoms with Crippen molar-refractivity contribution >= 4 is 79.4 Å². The normalized spacial score (nSPS) is 17.7. The van der Waals surface area contributed by atoms with Crippen molar-refractivity contribution in [1.82, 2.24) is 25.7 Å². The number of hydrogen-bond donors (Lipinski definition) is 10. The zero-order chi connectivity index (χ0) is 68.1. The number of nitrogens with one attached hydrogen (secondary N) is 4. The predicted molar refractivity (Wildman–Crippen MR) is 313 cm³/mol. The number of carboxylic acid groups (broad SMARTS) is 1. The molecule has 3 amide bonds. The maximum atomic E-state index is 14.2. The molecule has 496 valence electrons. The van der Waals surface area contributed by atoms with Gasteiger partial charge in [-0.25, -0.2) is 18.2 Å². The quantitative estimate of drug-likeness (QED) is 0.00449. The second kappa shape index (κ2) is 31.4. The highest BCUT2D eigenvalue weighted by Crippen LogP contribution is 2.49. The monoisotopic (exact) mass is 1400 g/mol. The minimum atomic E-state index is -5.33. The molecule has 45 heteroatoms. The molecular weight excluding hydrogens is 1350 g/mol. The van der Waals surface area contributed by atoms with Crippen LogP contribution in [0.2, 0.25) is 0 Å².